The van der Waals surface area contributed by atoms with Crippen LogP contribution in [-0.2, 0) is 4.79 Å². The van der Waals surface area contributed by atoms with Crippen molar-refractivity contribution in [2.45, 2.75) is 58.8 Å². The Bertz CT molecular complexity index is 330. The zero-order valence-corrected chi connectivity index (χ0v) is 13.2. The maximum absolute atomic E-state index is 12.5. The van der Waals surface area contributed by atoms with E-state index in [-0.39, 0.29) is 0 Å². The van der Waals surface area contributed by atoms with Crippen LogP contribution in [0.2, 0.25) is 0 Å². The molecule has 1 aliphatic heterocycles. The van der Waals surface area contributed by atoms with Crippen molar-refractivity contribution in [2.75, 3.05) is 13.1 Å². The summed E-state index contributed by atoms with van der Waals surface area (Å²) in [6.45, 7) is 6.62. The monoisotopic (exact) mass is 277 g/mol. The van der Waals surface area contributed by atoms with E-state index in [1.807, 2.05) is 0 Å². The summed E-state index contributed by atoms with van der Waals surface area (Å²) in [5.41, 5.74) is 0. The number of hydrogen-bond donors (Lipinski definition) is 1. The summed E-state index contributed by atoms with van der Waals surface area (Å²) in [5.74, 6) is 3.08. The van der Waals surface area contributed by atoms with E-state index in [0.29, 0.717) is 17.6 Å². The molecule has 20 heavy (non-hydrogen) atoms. The van der Waals surface area contributed by atoms with Crippen molar-refractivity contribution in [3.8, 4) is 0 Å². The maximum atomic E-state index is 12.5. The van der Waals surface area contributed by atoms with E-state index in [9.17, 15) is 4.79 Å². The third-order valence-corrected chi connectivity index (χ3v) is 5.40. The van der Waals surface area contributed by atoms with Gasteiger partial charge in [0, 0.05) is 12.3 Å². The Hall–Kier alpha value is -0.630. The fourth-order valence-electron chi connectivity index (χ4n) is 4.04. The summed E-state index contributed by atoms with van der Waals surface area (Å²) >= 11 is 0. The Kier molecular flexibility index (Phi) is 6.28. The van der Waals surface area contributed by atoms with Crippen molar-refractivity contribution in [1.29, 1.82) is 0 Å². The van der Waals surface area contributed by atoms with Gasteiger partial charge >= 0.3 is 0 Å². The molecule has 0 radical (unpaired) electrons. The lowest BCUT2D eigenvalue weighted by atomic mass is 9.81. The molecule has 0 spiro atoms. The molecule has 1 saturated carbocycles. The van der Waals surface area contributed by atoms with Crippen molar-refractivity contribution in [1.82, 2.24) is 5.32 Å². The molecule has 3 unspecified atom stereocenters. The molecule has 0 bridgehead atoms. The highest BCUT2D eigenvalue weighted by atomic mass is 16.1. The smallest absolute Gasteiger partial charge is 0.136 e. The molecule has 1 aliphatic carbocycles. The van der Waals surface area contributed by atoms with Crippen LogP contribution >= 0.6 is 0 Å². The second-order valence-corrected chi connectivity index (χ2v) is 6.79. The lowest BCUT2D eigenvalue weighted by Crippen LogP contribution is -2.33. The predicted octanol–water partition coefficient (Wildman–Crippen LogP) is 3.96. The van der Waals surface area contributed by atoms with Gasteiger partial charge in [-0.3, -0.25) is 4.79 Å². The first-order valence-corrected chi connectivity index (χ1v) is 8.60. The molecular formula is C18H31NO. The van der Waals surface area contributed by atoms with E-state index in [1.54, 1.807) is 0 Å². The lowest BCUT2D eigenvalue weighted by Gasteiger charge is -2.25. The van der Waals surface area contributed by atoms with Gasteiger partial charge in [-0.1, -0.05) is 32.4 Å². The number of piperidine rings is 1. The van der Waals surface area contributed by atoms with Gasteiger partial charge in [0.1, 0.15) is 5.78 Å². The normalized spacial score (nSPS) is 32.0. The van der Waals surface area contributed by atoms with E-state index in [2.05, 4.69) is 31.3 Å². The van der Waals surface area contributed by atoms with Crippen LogP contribution in [0, 0.1) is 23.7 Å². The van der Waals surface area contributed by atoms with Gasteiger partial charge in [0.25, 0.3) is 0 Å². The Balaban J connectivity index is 1.86. The standard InChI is InChI=1S/C18H31NO/c1-3-4-5-6-17-14(2)7-8-16(17)13-18(20)15-9-11-19-12-10-15/h4-5,14-17,19H,3,6-13H2,1-2H3/b5-4-. The molecule has 2 aliphatic rings. The SMILES string of the molecule is CC/C=C\CC1C(C)CCC1CC(=O)C1CCNCC1. The van der Waals surface area contributed by atoms with Crippen LogP contribution in [0.15, 0.2) is 12.2 Å². The number of carbonyl (C=O) groups is 1. The van der Waals surface area contributed by atoms with Crippen LogP contribution in [0.3, 0.4) is 0 Å². The van der Waals surface area contributed by atoms with Crippen molar-refractivity contribution in [2.24, 2.45) is 23.7 Å². The highest BCUT2D eigenvalue weighted by molar-refractivity contribution is 5.81. The summed E-state index contributed by atoms with van der Waals surface area (Å²) in [5, 5.41) is 3.35. The maximum Gasteiger partial charge on any atom is 0.136 e. The molecule has 1 N–H and O–H groups in total. The van der Waals surface area contributed by atoms with Crippen molar-refractivity contribution in [3.05, 3.63) is 12.2 Å². The third-order valence-electron chi connectivity index (χ3n) is 5.40. The fourth-order valence-corrected chi connectivity index (χ4v) is 4.04. The average Bonchev–Trinajstić information content (AvgIpc) is 2.81. The van der Waals surface area contributed by atoms with Gasteiger partial charge in [0.05, 0.1) is 0 Å². The third kappa shape index (κ3) is 4.18. The number of nitrogens with one attached hydrogen (secondary N) is 1. The molecule has 2 heteroatoms. The number of allylic oxidation sites excluding steroid dienone is 2. The molecule has 0 aromatic heterocycles. The van der Waals surface area contributed by atoms with Crippen LogP contribution in [0.5, 0.6) is 0 Å². The molecule has 0 aromatic carbocycles. The van der Waals surface area contributed by atoms with Crippen LogP contribution in [0.1, 0.15) is 58.8 Å². The molecule has 3 atom stereocenters. The summed E-state index contributed by atoms with van der Waals surface area (Å²) in [6.07, 6.45) is 12.5. The Morgan fingerprint density at radius 1 is 1.15 bits per heavy atom. The first-order chi connectivity index (χ1) is 9.72. The van der Waals surface area contributed by atoms with E-state index in [0.717, 1.165) is 50.6 Å². The predicted molar refractivity (Wildman–Crippen MR) is 84.6 cm³/mol. The molecule has 1 saturated heterocycles. The van der Waals surface area contributed by atoms with E-state index >= 15 is 0 Å². The van der Waals surface area contributed by atoms with Crippen molar-refractivity contribution < 1.29 is 4.79 Å². The zero-order valence-electron chi connectivity index (χ0n) is 13.2. The van der Waals surface area contributed by atoms with E-state index < -0.39 is 0 Å². The number of hydrogen-bond acceptors (Lipinski definition) is 2. The number of carbonyl (C=O) groups excluding carboxylic acids is 1. The van der Waals surface area contributed by atoms with Crippen LogP contribution in [0.25, 0.3) is 0 Å². The molecule has 0 amide bonds. The number of ketones is 1. The highest BCUT2D eigenvalue weighted by Gasteiger charge is 2.35. The van der Waals surface area contributed by atoms with Crippen LogP contribution in [-0.4, -0.2) is 18.9 Å². The Morgan fingerprint density at radius 3 is 2.60 bits per heavy atom. The molecule has 114 valence electrons. The molecule has 2 fully saturated rings. The van der Waals surface area contributed by atoms with E-state index in [1.165, 1.54) is 19.3 Å². The first-order valence-electron chi connectivity index (χ1n) is 8.60. The fraction of sp³-hybridized carbons (Fsp3) is 0.833. The largest absolute Gasteiger partial charge is 0.317 e. The zero-order chi connectivity index (χ0) is 14.4. The van der Waals surface area contributed by atoms with Crippen molar-refractivity contribution >= 4 is 5.78 Å². The molecular weight excluding hydrogens is 246 g/mol. The molecule has 2 nitrogen and oxygen atoms in total. The van der Waals surface area contributed by atoms with Gasteiger partial charge in [-0.15, -0.1) is 0 Å². The second kappa shape index (κ2) is 7.97. The highest BCUT2D eigenvalue weighted by Crippen LogP contribution is 2.41. The quantitative estimate of drug-likeness (QED) is 0.744. The lowest BCUT2D eigenvalue weighted by molar-refractivity contribution is -0.124. The van der Waals surface area contributed by atoms with Crippen LogP contribution < -0.4 is 5.32 Å². The van der Waals surface area contributed by atoms with Crippen molar-refractivity contribution in [3.63, 3.8) is 0 Å². The van der Waals surface area contributed by atoms with Gasteiger partial charge in [-0.05, 0) is 62.9 Å². The minimum absolute atomic E-state index is 0.346. The second-order valence-electron chi connectivity index (χ2n) is 6.79. The molecule has 0 aromatic rings. The minimum Gasteiger partial charge on any atom is -0.317 e. The average molecular weight is 277 g/mol. The summed E-state index contributed by atoms with van der Waals surface area (Å²) in [4.78, 5) is 12.5. The van der Waals surface area contributed by atoms with Crippen LogP contribution in [0.4, 0.5) is 0 Å². The molecule has 1 heterocycles. The summed E-state index contributed by atoms with van der Waals surface area (Å²) in [6, 6.07) is 0. The Labute approximate surface area is 124 Å². The van der Waals surface area contributed by atoms with Gasteiger partial charge in [-0.2, -0.15) is 0 Å². The van der Waals surface area contributed by atoms with Gasteiger partial charge in [0.15, 0.2) is 0 Å². The molecule has 2 rings (SSSR count). The Morgan fingerprint density at radius 2 is 1.90 bits per heavy atom. The van der Waals surface area contributed by atoms with E-state index in [4.69, 9.17) is 0 Å². The number of Topliss-reactive ketones (excluding diaryl/α,β-unsaturated/α-hetero) is 1. The summed E-state index contributed by atoms with van der Waals surface area (Å²) in [7, 11) is 0. The summed E-state index contributed by atoms with van der Waals surface area (Å²) < 4.78 is 0. The number of rotatable bonds is 6. The van der Waals surface area contributed by atoms with Gasteiger partial charge < -0.3 is 5.32 Å². The minimum atomic E-state index is 0.346. The van der Waals surface area contributed by atoms with Gasteiger partial charge in [-0.25, -0.2) is 0 Å². The topological polar surface area (TPSA) is 29.1 Å². The van der Waals surface area contributed by atoms with Gasteiger partial charge in [0.2, 0.25) is 0 Å². The first kappa shape index (κ1) is 15.8.